The zero-order valence-electron chi connectivity index (χ0n) is 11.4. The Balaban J connectivity index is 2.07. The summed E-state index contributed by atoms with van der Waals surface area (Å²) in [6.45, 7) is 5.73. The molecule has 1 heterocycles. The van der Waals surface area contributed by atoms with Gasteiger partial charge in [-0.05, 0) is 25.5 Å². The number of hydrogen-bond donors (Lipinski definition) is 2. The van der Waals surface area contributed by atoms with Gasteiger partial charge in [-0.25, -0.2) is 0 Å². The normalized spacial score (nSPS) is 19.2. The average Bonchev–Trinajstić information content (AvgIpc) is 2.81. The third-order valence-electron chi connectivity index (χ3n) is 3.48. The third kappa shape index (κ3) is 3.42. The fraction of sp³-hybridized carbons (Fsp3) is 0.500. The molecule has 1 unspecified atom stereocenters. The Hall–Kier alpha value is -1.20. The van der Waals surface area contributed by atoms with Crippen LogP contribution in [-0.4, -0.2) is 40.8 Å². The number of nitrogens with two attached hydrogens (primary N) is 1. The van der Waals surface area contributed by atoms with E-state index in [2.05, 4.69) is 48.2 Å². The standard InChI is InChI=1S/C14H21N3OS/c1-10(2)17(8-14(15)16-18)7-11-9-19-13-6-4-3-5-12(11)13/h3-6,10-11,18H,7-9H2,1-2H3,(H2,15,16). The van der Waals surface area contributed by atoms with Crippen LogP contribution in [0, 0.1) is 0 Å². The van der Waals surface area contributed by atoms with Crippen molar-refractivity contribution in [3.63, 3.8) is 0 Å². The lowest BCUT2D eigenvalue weighted by Gasteiger charge is -2.28. The number of oxime groups is 1. The van der Waals surface area contributed by atoms with E-state index in [1.165, 1.54) is 10.5 Å². The summed E-state index contributed by atoms with van der Waals surface area (Å²) >= 11 is 1.92. The maximum atomic E-state index is 8.72. The predicted molar refractivity (Wildman–Crippen MR) is 80.0 cm³/mol. The van der Waals surface area contributed by atoms with E-state index >= 15 is 0 Å². The summed E-state index contributed by atoms with van der Waals surface area (Å²) in [6, 6.07) is 8.95. The van der Waals surface area contributed by atoms with Crippen LogP contribution in [0.4, 0.5) is 0 Å². The molecular weight excluding hydrogens is 258 g/mol. The van der Waals surface area contributed by atoms with Crippen molar-refractivity contribution >= 4 is 17.6 Å². The number of benzene rings is 1. The number of fused-ring (bicyclic) bond motifs is 1. The van der Waals surface area contributed by atoms with E-state index in [9.17, 15) is 0 Å². The van der Waals surface area contributed by atoms with Crippen LogP contribution in [0.2, 0.25) is 0 Å². The molecule has 1 aliphatic heterocycles. The molecule has 104 valence electrons. The van der Waals surface area contributed by atoms with Crippen LogP contribution in [0.15, 0.2) is 34.3 Å². The maximum absolute atomic E-state index is 8.72. The lowest BCUT2D eigenvalue weighted by molar-refractivity contribution is 0.237. The van der Waals surface area contributed by atoms with Crippen LogP contribution in [-0.2, 0) is 0 Å². The summed E-state index contributed by atoms with van der Waals surface area (Å²) in [5, 5.41) is 11.8. The summed E-state index contributed by atoms with van der Waals surface area (Å²) in [7, 11) is 0. The van der Waals surface area contributed by atoms with Gasteiger partial charge in [-0.1, -0.05) is 23.4 Å². The van der Waals surface area contributed by atoms with Crippen LogP contribution in [0.5, 0.6) is 0 Å². The van der Waals surface area contributed by atoms with Crippen molar-refractivity contribution in [2.75, 3.05) is 18.8 Å². The van der Waals surface area contributed by atoms with Gasteiger partial charge in [-0.15, -0.1) is 11.8 Å². The van der Waals surface area contributed by atoms with Crippen molar-refractivity contribution in [1.82, 2.24) is 4.90 Å². The van der Waals surface area contributed by atoms with E-state index in [0.717, 1.165) is 12.3 Å². The molecule has 4 nitrogen and oxygen atoms in total. The Morgan fingerprint density at radius 1 is 1.53 bits per heavy atom. The molecule has 1 aromatic rings. The minimum absolute atomic E-state index is 0.271. The molecule has 0 fully saturated rings. The highest BCUT2D eigenvalue weighted by molar-refractivity contribution is 7.99. The van der Waals surface area contributed by atoms with E-state index in [1.54, 1.807) is 0 Å². The Bertz CT molecular complexity index is 462. The van der Waals surface area contributed by atoms with Gasteiger partial charge in [0.05, 0.1) is 6.54 Å². The van der Waals surface area contributed by atoms with Gasteiger partial charge in [-0.2, -0.15) is 0 Å². The Morgan fingerprint density at radius 2 is 2.26 bits per heavy atom. The van der Waals surface area contributed by atoms with Gasteiger partial charge >= 0.3 is 0 Å². The number of amidine groups is 1. The lowest BCUT2D eigenvalue weighted by atomic mass is 10.0. The number of nitrogens with zero attached hydrogens (tertiary/aromatic N) is 2. The number of rotatable bonds is 5. The number of thioether (sulfide) groups is 1. The molecule has 0 spiro atoms. The summed E-state index contributed by atoms with van der Waals surface area (Å²) in [4.78, 5) is 3.64. The second-order valence-electron chi connectivity index (χ2n) is 5.16. The monoisotopic (exact) mass is 279 g/mol. The SMILES string of the molecule is CC(C)N(CC(N)=NO)CC1CSc2ccccc21. The molecule has 1 aliphatic rings. The molecule has 0 aliphatic carbocycles. The minimum Gasteiger partial charge on any atom is -0.409 e. The van der Waals surface area contributed by atoms with Gasteiger partial charge < -0.3 is 10.9 Å². The number of hydrogen-bond acceptors (Lipinski definition) is 4. The molecule has 3 N–H and O–H groups in total. The Labute approximate surface area is 118 Å². The molecule has 2 rings (SSSR count). The lowest BCUT2D eigenvalue weighted by Crippen LogP contribution is -2.41. The summed E-state index contributed by atoms with van der Waals surface area (Å²) < 4.78 is 0. The Kier molecular flexibility index (Phi) is 4.71. The van der Waals surface area contributed by atoms with Crippen LogP contribution in [0.1, 0.15) is 25.3 Å². The second-order valence-corrected chi connectivity index (χ2v) is 6.22. The quantitative estimate of drug-likeness (QED) is 0.376. The van der Waals surface area contributed by atoms with Crippen molar-refractivity contribution in [2.45, 2.75) is 30.7 Å². The van der Waals surface area contributed by atoms with Crippen molar-refractivity contribution in [3.8, 4) is 0 Å². The van der Waals surface area contributed by atoms with Gasteiger partial charge in [-0.3, -0.25) is 4.90 Å². The highest BCUT2D eigenvalue weighted by Crippen LogP contribution is 2.39. The molecule has 0 aromatic heterocycles. The second kappa shape index (κ2) is 6.30. The van der Waals surface area contributed by atoms with Gasteiger partial charge in [0.25, 0.3) is 0 Å². The largest absolute Gasteiger partial charge is 0.409 e. The van der Waals surface area contributed by atoms with Gasteiger partial charge in [0, 0.05) is 29.2 Å². The van der Waals surface area contributed by atoms with Crippen molar-refractivity contribution in [1.29, 1.82) is 0 Å². The molecule has 0 radical (unpaired) electrons. The Morgan fingerprint density at radius 3 is 2.95 bits per heavy atom. The first-order valence-corrected chi connectivity index (χ1v) is 7.52. The summed E-state index contributed by atoms with van der Waals surface area (Å²) in [5.74, 6) is 1.90. The smallest absolute Gasteiger partial charge is 0.153 e. The van der Waals surface area contributed by atoms with Crippen molar-refractivity contribution in [2.24, 2.45) is 10.9 Å². The van der Waals surface area contributed by atoms with E-state index in [-0.39, 0.29) is 5.84 Å². The maximum Gasteiger partial charge on any atom is 0.153 e. The molecule has 0 amide bonds. The molecule has 1 atom stereocenters. The molecule has 1 aromatic carbocycles. The summed E-state index contributed by atoms with van der Waals surface area (Å²) in [5.41, 5.74) is 7.06. The molecule has 0 saturated heterocycles. The van der Waals surface area contributed by atoms with Crippen LogP contribution >= 0.6 is 11.8 Å². The zero-order valence-corrected chi connectivity index (χ0v) is 12.2. The highest BCUT2D eigenvalue weighted by Gasteiger charge is 2.26. The predicted octanol–water partition coefficient (Wildman–Crippen LogP) is 2.33. The highest BCUT2D eigenvalue weighted by atomic mass is 32.2. The molecule has 0 saturated carbocycles. The topological polar surface area (TPSA) is 61.8 Å². The van der Waals surface area contributed by atoms with Gasteiger partial charge in [0.1, 0.15) is 0 Å². The minimum atomic E-state index is 0.271. The van der Waals surface area contributed by atoms with Crippen LogP contribution in [0.25, 0.3) is 0 Å². The molecule has 5 heteroatoms. The first-order valence-electron chi connectivity index (χ1n) is 6.54. The van der Waals surface area contributed by atoms with Crippen molar-refractivity contribution < 1.29 is 5.21 Å². The van der Waals surface area contributed by atoms with E-state index < -0.39 is 0 Å². The van der Waals surface area contributed by atoms with Gasteiger partial charge in [0.2, 0.25) is 0 Å². The summed E-state index contributed by atoms with van der Waals surface area (Å²) in [6.07, 6.45) is 0. The van der Waals surface area contributed by atoms with Gasteiger partial charge in [0.15, 0.2) is 5.84 Å². The van der Waals surface area contributed by atoms with Crippen molar-refractivity contribution in [3.05, 3.63) is 29.8 Å². The zero-order chi connectivity index (χ0) is 13.8. The van der Waals surface area contributed by atoms with E-state index in [1.807, 2.05) is 11.8 Å². The molecule has 0 bridgehead atoms. The molecular formula is C14H21N3OS. The van der Waals surface area contributed by atoms with E-state index in [4.69, 9.17) is 10.9 Å². The molecule has 19 heavy (non-hydrogen) atoms. The first kappa shape index (κ1) is 14.2. The fourth-order valence-corrected chi connectivity index (χ4v) is 3.60. The van der Waals surface area contributed by atoms with E-state index in [0.29, 0.717) is 18.5 Å². The van der Waals surface area contributed by atoms with Crippen LogP contribution < -0.4 is 5.73 Å². The fourth-order valence-electron chi connectivity index (χ4n) is 2.36. The first-order chi connectivity index (χ1) is 9.11. The third-order valence-corrected chi connectivity index (χ3v) is 4.73. The van der Waals surface area contributed by atoms with Crippen LogP contribution in [0.3, 0.4) is 0 Å². The average molecular weight is 279 g/mol.